The fourth-order valence-electron chi connectivity index (χ4n) is 1.69. The van der Waals surface area contributed by atoms with Gasteiger partial charge in [-0.1, -0.05) is 13.8 Å². The molecule has 1 atom stereocenters. The summed E-state index contributed by atoms with van der Waals surface area (Å²) in [5, 5.41) is 0. The van der Waals surface area contributed by atoms with E-state index in [0.29, 0.717) is 0 Å². The van der Waals surface area contributed by atoms with E-state index < -0.39 is 49.2 Å². The van der Waals surface area contributed by atoms with Crippen molar-refractivity contribution in [2.24, 2.45) is 0 Å². The molecule has 0 heterocycles. The fourth-order valence-corrected chi connectivity index (χ4v) is 1.69. The molecule has 0 aromatic heterocycles. The molecule has 0 aliphatic heterocycles. The summed E-state index contributed by atoms with van der Waals surface area (Å²) in [5.41, 5.74) is 0. The predicted octanol–water partition coefficient (Wildman–Crippen LogP) is 4.67. The lowest BCUT2D eigenvalue weighted by Gasteiger charge is -2.36. The third-order valence-electron chi connectivity index (χ3n) is 2.90. The first-order chi connectivity index (χ1) is 11.4. The topological polar surface area (TPSA) is 29.5 Å². The van der Waals surface area contributed by atoms with Gasteiger partial charge in [0.05, 0.1) is 0 Å². The minimum atomic E-state index is -7.19. The highest BCUT2D eigenvalue weighted by Crippen LogP contribution is 2.51. The third-order valence-corrected chi connectivity index (χ3v) is 2.90. The number of ether oxygens (including phenoxy) is 1. The Bertz CT molecular complexity index is 483. The molecule has 0 rings (SSSR count). The number of halogens is 11. The number of carbonyl (C=O) groups is 1. The second-order valence-electron chi connectivity index (χ2n) is 5.08. The quantitative estimate of drug-likeness (QED) is 0.542. The molecular weight excluding hydrogens is 399 g/mol. The highest BCUT2D eigenvalue weighted by Gasteiger charge is 2.79. The van der Waals surface area contributed by atoms with Crippen molar-refractivity contribution in [1.82, 2.24) is 4.90 Å². The van der Waals surface area contributed by atoms with Gasteiger partial charge in [-0.15, -0.1) is 0 Å². The lowest BCUT2D eigenvalue weighted by atomic mass is 10.2. The number of hydrogen-bond acceptors (Lipinski definition) is 2. The number of carbonyl (C=O) groups excluding carboxylic acids is 1. The van der Waals surface area contributed by atoms with E-state index in [4.69, 9.17) is 0 Å². The van der Waals surface area contributed by atoms with Crippen LogP contribution in [-0.4, -0.2) is 54.1 Å². The summed E-state index contributed by atoms with van der Waals surface area (Å²) in [5.74, 6) is -16.2. The van der Waals surface area contributed by atoms with Gasteiger partial charge in [0.1, 0.15) is 0 Å². The zero-order valence-corrected chi connectivity index (χ0v) is 13.2. The molecular formula is C12H14F11NO2. The van der Waals surface area contributed by atoms with Crippen LogP contribution in [-0.2, 0) is 9.53 Å². The van der Waals surface area contributed by atoms with Crippen LogP contribution in [0.25, 0.3) is 0 Å². The van der Waals surface area contributed by atoms with Crippen molar-refractivity contribution in [3.63, 3.8) is 0 Å². The van der Waals surface area contributed by atoms with Crippen molar-refractivity contribution in [1.29, 1.82) is 0 Å². The van der Waals surface area contributed by atoms with Crippen LogP contribution in [0.3, 0.4) is 0 Å². The fraction of sp³-hybridized carbons (Fsp3) is 0.917. The molecule has 0 aromatic carbocycles. The van der Waals surface area contributed by atoms with Crippen LogP contribution in [0.2, 0.25) is 0 Å². The molecule has 0 fully saturated rings. The summed E-state index contributed by atoms with van der Waals surface area (Å²) in [6.07, 6.45) is -20.9. The molecule has 0 saturated heterocycles. The van der Waals surface area contributed by atoms with Crippen molar-refractivity contribution in [3.8, 4) is 0 Å². The molecule has 0 radical (unpaired) electrons. The van der Waals surface area contributed by atoms with Crippen LogP contribution in [0.15, 0.2) is 0 Å². The SMILES string of the molecule is CCCN(CCC)C(=O)[C@@](F)(OC(F)(F)C(F)(F)C(F)(F)F)C(F)(F)F. The number of amides is 1. The van der Waals surface area contributed by atoms with E-state index in [-0.39, 0.29) is 17.7 Å². The summed E-state index contributed by atoms with van der Waals surface area (Å²) >= 11 is 0. The van der Waals surface area contributed by atoms with Gasteiger partial charge in [-0.2, -0.15) is 48.3 Å². The first-order valence-corrected chi connectivity index (χ1v) is 6.96. The van der Waals surface area contributed by atoms with Crippen LogP contribution in [0.1, 0.15) is 26.7 Å². The zero-order valence-electron chi connectivity index (χ0n) is 13.2. The summed E-state index contributed by atoms with van der Waals surface area (Å²) in [4.78, 5) is 11.7. The molecule has 3 nitrogen and oxygen atoms in total. The van der Waals surface area contributed by atoms with Crippen LogP contribution in [0.5, 0.6) is 0 Å². The van der Waals surface area contributed by atoms with Crippen molar-refractivity contribution < 1.29 is 57.8 Å². The second kappa shape index (κ2) is 7.72. The van der Waals surface area contributed by atoms with Crippen LogP contribution >= 0.6 is 0 Å². The zero-order chi connectivity index (χ0) is 21.2. The lowest BCUT2D eigenvalue weighted by molar-refractivity contribution is -0.473. The molecule has 14 heteroatoms. The largest absolute Gasteiger partial charge is 0.462 e. The van der Waals surface area contributed by atoms with E-state index in [0.717, 1.165) is 0 Å². The molecule has 0 unspecified atom stereocenters. The minimum Gasteiger partial charge on any atom is -0.337 e. The Morgan fingerprint density at radius 2 is 1.15 bits per heavy atom. The van der Waals surface area contributed by atoms with E-state index in [1.807, 2.05) is 0 Å². The maximum atomic E-state index is 14.1. The summed E-state index contributed by atoms with van der Waals surface area (Å²) in [6.45, 7) is 1.38. The standard InChI is InChI=1S/C12H14F11NO2/c1-3-5-24(6-4-2)7(25)8(13,10(16,17)18)26-12(22,23)9(14,15)11(19,20)21/h3-6H2,1-2H3/t8-/m1/s1. The molecule has 1 amide bonds. The number of alkyl halides is 11. The molecule has 156 valence electrons. The van der Waals surface area contributed by atoms with E-state index in [1.165, 1.54) is 13.8 Å². The van der Waals surface area contributed by atoms with E-state index >= 15 is 0 Å². The van der Waals surface area contributed by atoms with Gasteiger partial charge in [-0.3, -0.25) is 9.53 Å². The first-order valence-electron chi connectivity index (χ1n) is 6.96. The monoisotopic (exact) mass is 413 g/mol. The van der Waals surface area contributed by atoms with E-state index in [9.17, 15) is 53.1 Å². The smallest absolute Gasteiger partial charge is 0.337 e. The number of hydrogen-bond donors (Lipinski definition) is 0. The third kappa shape index (κ3) is 4.68. The van der Waals surface area contributed by atoms with Gasteiger partial charge in [-0.05, 0) is 12.8 Å². The number of nitrogens with zero attached hydrogens (tertiary/aromatic N) is 1. The second-order valence-corrected chi connectivity index (χ2v) is 5.08. The van der Waals surface area contributed by atoms with Gasteiger partial charge in [0, 0.05) is 13.1 Å². The van der Waals surface area contributed by atoms with Crippen LogP contribution in [0, 0.1) is 0 Å². The van der Waals surface area contributed by atoms with Crippen molar-refractivity contribution >= 4 is 5.91 Å². The van der Waals surface area contributed by atoms with Crippen molar-refractivity contribution in [3.05, 3.63) is 0 Å². The highest BCUT2D eigenvalue weighted by atomic mass is 19.4. The van der Waals surface area contributed by atoms with Gasteiger partial charge in [0.2, 0.25) is 0 Å². The molecule has 0 bridgehead atoms. The van der Waals surface area contributed by atoms with Gasteiger partial charge in [-0.25, -0.2) is 0 Å². The predicted molar refractivity (Wildman–Crippen MR) is 64.1 cm³/mol. The maximum absolute atomic E-state index is 14.1. The molecule has 0 saturated carbocycles. The van der Waals surface area contributed by atoms with Gasteiger partial charge in [0.25, 0.3) is 5.91 Å². The summed E-state index contributed by atoms with van der Waals surface area (Å²) in [7, 11) is 0. The average Bonchev–Trinajstić information content (AvgIpc) is 2.43. The van der Waals surface area contributed by atoms with Crippen LogP contribution < -0.4 is 0 Å². The van der Waals surface area contributed by atoms with E-state index in [1.54, 1.807) is 0 Å². The van der Waals surface area contributed by atoms with Crippen molar-refractivity contribution in [2.75, 3.05) is 13.1 Å². The van der Waals surface area contributed by atoms with Crippen molar-refractivity contribution in [2.45, 2.75) is 56.9 Å². The molecule has 0 N–H and O–H groups in total. The normalized spacial score (nSPS) is 16.3. The Morgan fingerprint density at radius 3 is 1.42 bits per heavy atom. The Balaban J connectivity index is 6.09. The molecule has 0 aliphatic rings. The van der Waals surface area contributed by atoms with Gasteiger partial charge in [0.15, 0.2) is 0 Å². The van der Waals surface area contributed by atoms with Crippen LogP contribution in [0.4, 0.5) is 48.3 Å². The first kappa shape index (κ1) is 24.7. The molecule has 0 aliphatic carbocycles. The lowest BCUT2D eigenvalue weighted by Crippen LogP contribution is -2.64. The molecule has 26 heavy (non-hydrogen) atoms. The molecule has 0 aromatic rings. The van der Waals surface area contributed by atoms with Gasteiger partial charge >= 0.3 is 30.2 Å². The number of rotatable bonds is 8. The summed E-state index contributed by atoms with van der Waals surface area (Å²) < 4.78 is 142. The Labute approximate surface area is 140 Å². The Morgan fingerprint density at radius 1 is 0.769 bits per heavy atom. The average molecular weight is 413 g/mol. The highest BCUT2D eigenvalue weighted by molar-refractivity contribution is 5.84. The maximum Gasteiger partial charge on any atom is 0.462 e. The molecule has 0 spiro atoms. The summed E-state index contributed by atoms with van der Waals surface area (Å²) in [6, 6.07) is 0. The Hall–Kier alpha value is -1.34. The Kier molecular flexibility index (Phi) is 7.33. The minimum absolute atomic E-state index is 0.0370. The van der Waals surface area contributed by atoms with Gasteiger partial charge < -0.3 is 4.90 Å². The van der Waals surface area contributed by atoms with E-state index in [2.05, 4.69) is 4.74 Å².